The fourth-order valence-electron chi connectivity index (χ4n) is 2.92. The van der Waals surface area contributed by atoms with E-state index < -0.39 is 35.3 Å². The molecule has 0 aromatic carbocycles. The van der Waals surface area contributed by atoms with Crippen LogP contribution in [0.3, 0.4) is 0 Å². The molecular weight excluding hydrogens is 436 g/mol. The zero-order valence-corrected chi connectivity index (χ0v) is 17.5. The first kappa shape index (κ1) is 21.6. The lowest BCUT2D eigenvalue weighted by Gasteiger charge is -2.49. The van der Waals surface area contributed by atoms with Crippen LogP contribution in [-0.4, -0.2) is 68.8 Å². The van der Waals surface area contributed by atoms with Gasteiger partial charge in [0.05, 0.1) is 0 Å². The molecule has 3 amide bonds. The van der Waals surface area contributed by atoms with Gasteiger partial charge in [-0.3, -0.25) is 24.2 Å². The van der Waals surface area contributed by atoms with Crippen LogP contribution in [0.25, 0.3) is 0 Å². The number of nitrogens with zero attached hydrogens (tertiary/aromatic N) is 4. The minimum Gasteiger partial charge on any atom is -0.477 e. The Morgan fingerprint density at radius 3 is 2.87 bits per heavy atom. The van der Waals surface area contributed by atoms with Gasteiger partial charge >= 0.3 is 12.1 Å². The molecule has 4 N–H and O–H groups in total. The summed E-state index contributed by atoms with van der Waals surface area (Å²) in [6.45, 7) is 3.59. The molecule has 0 radical (unpaired) electrons. The number of nitrogen functional groups attached to an aromatic ring is 1. The summed E-state index contributed by atoms with van der Waals surface area (Å²) in [6.07, 6.45) is -0.128. The van der Waals surface area contributed by atoms with Crippen molar-refractivity contribution in [3.63, 3.8) is 0 Å². The zero-order chi connectivity index (χ0) is 22.0. The number of carboxylic acids is 1. The smallest absolute Gasteiger partial charge is 0.441 e. The van der Waals surface area contributed by atoms with Crippen LogP contribution in [-0.2, 0) is 19.2 Å². The number of nitrogens with one attached hydrogen (secondary N) is 1. The number of thiazole rings is 1. The fourth-order valence-corrected chi connectivity index (χ4v) is 4.77. The summed E-state index contributed by atoms with van der Waals surface area (Å²) in [6, 6.07) is -0.891. The Labute approximate surface area is 178 Å². The summed E-state index contributed by atoms with van der Waals surface area (Å²) in [5, 5.41) is 16.4. The summed E-state index contributed by atoms with van der Waals surface area (Å²) >= 11 is 2.51. The van der Waals surface area contributed by atoms with Crippen molar-refractivity contribution in [3.05, 3.63) is 16.7 Å². The van der Waals surface area contributed by atoms with Gasteiger partial charge in [-0.25, -0.2) is 14.6 Å². The molecule has 1 aromatic heterocycles. The van der Waals surface area contributed by atoms with Crippen LogP contribution in [0, 0.1) is 0 Å². The molecule has 2 aliphatic heterocycles. The van der Waals surface area contributed by atoms with Crippen LogP contribution in [0.5, 0.6) is 0 Å². The van der Waals surface area contributed by atoms with Gasteiger partial charge in [0.1, 0.15) is 23.3 Å². The number of carbonyl (C=O) groups is 4. The number of amides is 3. The van der Waals surface area contributed by atoms with Gasteiger partial charge < -0.3 is 16.2 Å². The molecule has 12 nitrogen and oxygen atoms in total. The molecule has 2 aliphatic rings. The lowest BCUT2D eigenvalue weighted by Crippen LogP contribution is -2.70. The first-order chi connectivity index (χ1) is 14.2. The van der Waals surface area contributed by atoms with Crippen molar-refractivity contribution in [1.82, 2.24) is 15.2 Å². The van der Waals surface area contributed by atoms with Gasteiger partial charge in [-0.2, -0.15) is 0 Å². The predicted molar refractivity (Wildman–Crippen MR) is 110 cm³/mol. The summed E-state index contributed by atoms with van der Waals surface area (Å²) in [5.41, 5.74) is 6.07. The monoisotopic (exact) mass is 454 g/mol. The lowest BCUT2D eigenvalue weighted by molar-refractivity contribution is -0.150. The summed E-state index contributed by atoms with van der Waals surface area (Å²) in [4.78, 5) is 58.8. The minimum absolute atomic E-state index is 0.0563. The molecular formula is C16H18N6O6S2. The number of thioether (sulfide) groups is 1. The number of oxime groups is 1. The maximum Gasteiger partial charge on any atom is 0.441 e. The largest absolute Gasteiger partial charge is 0.477 e. The highest BCUT2D eigenvalue weighted by atomic mass is 32.2. The SMILES string of the molecule is CCN(C(=O)O/N=C/C(=O)NC1C(=O)N2C(C(=O)O)=C(C)CSC12)c1csc(N)n1. The molecule has 30 heavy (non-hydrogen) atoms. The van der Waals surface area contributed by atoms with Gasteiger partial charge in [-0.05, 0) is 19.4 Å². The van der Waals surface area contributed by atoms with Crippen molar-refractivity contribution in [3.8, 4) is 0 Å². The third-order valence-electron chi connectivity index (χ3n) is 4.28. The Morgan fingerprint density at radius 1 is 1.53 bits per heavy atom. The van der Waals surface area contributed by atoms with Crippen molar-refractivity contribution < 1.29 is 29.1 Å². The van der Waals surface area contributed by atoms with Crippen LogP contribution in [0.1, 0.15) is 13.8 Å². The molecule has 2 atom stereocenters. The molecule has 3 rings (SSSR count). The van der Waals surface area contributed by atoms with Crippen molar-refractivity contribution >= 4 is 64.1 Å². The molecule has 1 aromatic rings. The van der Waals surface area contributed by atoms with E-state index in [4.69, 9.17) is 10.6 Å². The number of hydrogen-bond acceptors (Lipinski definition) is 10. The van der Waals surface area contributed by atoms with E-state index in [1.807, 2.05) is 0 Å². The standard InChI is InChI=1S/C16H18N6O6S2/c1-3-21(8-6-30-15(17)19-8)16(27)28-18-4-9(23)20-10-12(24)22-11(14(25)26)7(2)5-29-13(10)22/h4,6,10,13H,3,5H2,1-2H3,(H2,17,19)(H,20,23)(H,25,26)/b18-4+. The number of carbonyl (C=O) groups excluding carboxylic acids is 3. The van der Waals surface area contributed by atoms with E-state index in [0.29, 0.717) is 17.1 Å². The molecule has 0 saturated carbocycles. The van der Waals surface area contributed by atoms with Gasteiger partial charge in [0.2, 0.25) is 0 Å². The normalized spacial score (nSPS) is 20.6. The topological polar surface area (TPSA) is 168 Å². The number of fused-ring (bicyclic) bond motifs is 1. The van der Waals surface area contributed by atoms with Gasteiger partial charge in [-0.1, -0.05) is 5.16 Å². The molecule has 14 heteroatoms. The third kappa shape index (κ3) is 4.09. The minimum atomic E-state index is -1.19. The van der Waals surface area contributed by atoms with Gasteiger partial charge in [0.25, 0.3) is 11.8 Å². The van der Waals surface area contributed by atoms with Crippen molar-refractivity contribution in [1.29, 1.82) is 0 Å². The van der Waals surface area contributed by atoms with E-state index in [0.717, 1.165) is 22.5 Å². The van der Waals surface area contributed by atoms with Crippen LogP contribution < -0.4 is 16.0 Å². The molecule has 0 bridgehead atoms. The van der Waals surface area contributed by atoms with Gasteiger partial charge in [0.15, 0.2) is 10.9 Å². The molecule has 3 heterocycles. The molecule has 0 aliphatic carbocycles. The number of aromatic nitrogens is 1. The summed E-state index contributed by atoms with van der Waals surface area (Å²) in [7, 11) is 0. The summed E-state index contributed by atoms with van der Waals surface area (Å²) in [5.74, 6) is -1.74. The maximum atomic E-state index is 12.3. The second-order valence-electron chi connectivity index (χ2n) is 6.21. The van der Waals surface area contributed by atoms with Crippen molar-refractivity contribution in [2.75, 3.05) is 22.9 Å². The van der Waals surface area contributed by atoms with Crippen LogP contribution in [0.15, 0.2) is 21.8 Å². The van der Waals surface area contributed by atoms with E-state index in [2.05, 4.69) is 15.5 Å². The van der Waals surface area contributed by atoms with Crippen LogP contribution >= 0.6 is 23.1 Å². The van der Waals surface area contributed by atoms with Crippen molar-refractivity contribution in [2.45, 2.75) is 25.3 Å². The van der Waals surface area contributed by atoms with E-state index in [1.165, 1.54) is 16.7 Å². The highest BCUT2D eigenvalue weighted by molar-refractivity contribution is 8.00. The number of rotatable bonds is 6. The quantitative estimate of drug-likeness (QED) is 0.239. The number of carboxylic acid groups (broad SMARTS) is 1. The Kier molecular flexibility index (Phi) is 6.26. The third-order valence-corrected chi connectivity index (χ3v) is 6.37. The Balaban J connectivity index is 1.55. The second kappa shape index (κ2) is 8.71. The Hall–Kier alpha value is -3.13. The second-order valence-corrected chi connectivity index (χ2v) is 8.20. The molecule has 2 unspecified atom stereocenters. The van der Waals surface area contributed by atoms with Crippen LogP contribution in [0.4, 0.5) is 15.7 Å². The van der Waals surface area contributed by atoms with Gasteiger partial charge in [0, 0.05) is 17.7 Å². The highest BCUT2D eigenvalue weighted by Crippen LogP contribution is 2.40. The van der Waals surface area contributed by atoms with Crippen LogP contribution in [0.2, 0.25) is 0 Å². The highest BCUT2D eigenvalue weighted by Gasteiger charge is 2.53. The molecule has 1 fully saturated rings. The van der Waals surface area contributed by atoms with Gasteiger partial charge in [-0.15, -0.1) is 23.1 Å². The number of hydrogen-bond donors (Lipinski definition) is 3. The van der Waals surface area contributed by atoms with E-state index in [9.17, 15) is 24.3 Å². The fraction of sp³-hybridized carbons (Fsp3) is 0.375. The number of anilines is 2. The maximum absolute atomic E-state index is 12.3. The molecule has 1 saturated heterocycles. The Bertz CT molecular complexity index is 960. The number of aliphatic carboxylic acids is 1. The van der Waals surface area contributed by atoms with E-state index >= 15 is 0 Å². The van der Waals surface area contributed by atoms with Crippen molar-refractivity contribution in [2.24, 2.45) is 5.16 Å². The molecule has 160 valence electrons. The average molecular weight is 454 g/mol. The lowest BCUT2D eigenvalue weighted by atomic mass is 10.0. The summed E-state index contributed by atoms with van der Waals surface area (Å²) < 4.78 is 0. The molecule has 0 spiro atoms. The first-order valence-corrected chi connectivity index (χ1v) is 10.6. The number of nitrogens with two attached hydrogens (primary N) is 1. The first-order valence-electron chi connectivity index (χ1n) is 8.65. The Morgan fingerprint density at radius 2 is 2.27 bits per heavy atom. The van der Waals surface area contributed by atoms with E-state index in [-0.39, 0.29) is 17.4 Å². The zero-order valence-electron chi connectivity index (χ0n) is 15.9. The van der Waals surface area contributed by atoms with E-state index in [1.54, 1.807) is 19.2 Å². The number of β-lactam (4-membered cyclic amide) rings is 1. The average Bonchev–Trinajstić information content (AvgIpc) is 3.12. The predicted octanol–water partition coefficient (Wildman–Crippen LogP) is 0.432.